The van der Waals surface area contributed by atoms with E-state index >= 15 is 0 Å². The number of fused-ring (bicyclic) bond motifs is 1. The van der Waals surface area contributed by atoms with Crippen LogP contribution in [0.25, 0.3) is 0 Å². The van der Waals surface area contributed by atoms with E-state index in [1.165, 1.54) is 0 Å². The Hall–Kier alpha value is -1.96. The third-order valence-corrected chi connectivity index (χ3v) is 5.47. The van der Waals surface area contributed by atoms with Crippen molar-refractivity contribution < 1.29 is 14.3 Å². The van der Waals surface area contributed by atoms with Gasteiger partial charge in [0.15, 0.2) is 5.82 Å². The predicted octanol–water partition coefficient (Wildman–Crippen LogP) is 1.33. The smallest absolute Gasteiger partial charge is 0.223 e. The van der Waals surface area contributed by atoms with Gasteiger partial charge >= 0.3 is 0 Å². The average Bonchev–Trinajstić information content (AvgIpc) is 3.29. The fourth-order valence-electron chi connectivity index (χ4n) is 3.96. The number of nitrogens with zero attached hydrogens (tertiary/aromatic N) is 3. The van der Waals surface area contributed by atoms with Gasteiger partial charge in [0.25, 0.3) is 0 Å². The van der Waals surface area contributed by atoms with Crippen LogP contribution in [0.4, 0.5) is 0 Å². The molecule has 8 heteroatoms. The molecule has 0 unspecified atom stereocenters. The Morgan fingerprint density at radius 3 is 2.89 bits per heavy atom. The lowest BCUT2D eigenvalue weighted by Crippen LogP contribution is -2.50. The zero-order valence-electron chi connectivity index (χ0n) is 16.4. The molecule has 1 aliphatic carbocycles. The van der Waals surface area contributed by atoms with Crippen molar-refractivity contribution >= 4 is 11.8 Å². The van der Waals surface area contributed by atoms with Gasteiger partial charge in [-0.2, -0.15) is 0 Å². The molecule has 2 amide bonds. The van der Waals surface area contributed by atoms with E-state index in [0.29, 0.717) is 26.0 Å². The van der Waals surface area contributed by atoms with Crippen molar-refractivity contribution in [2.45, 2.75) is 84.0 Å². The normalized spacial score (nSPS) is 24.4. The zero-order chi connectivity index (χ0) is 19.2. The van der Waals surface area contributed by atoms with E-state index in [0.717, 1.165) is 50.3 Å². The largest absolute Gasteiger partial charge is 0.376 e. The summed E-state index contributed by atoms with van der Waals surface area (Å²) < 4.78 is 8.02. The van der Waals surface area contributed by atoms with E-state index in [1.54, 1.807) is 0 Å². The van der Waals surface area contributed by atoms with Gasteiger partial charge in [-0.3, -0.25) is 9.59 Å². The first kappa shape index (κ1) is 19.8. The van der Waals surface area contributed by atoms with Gasteiger partial charge in [-0.25, -0.2) is 0 Å². The third kappa shape index (κ3) is 4.86. The van der Waals surface area contributed by atoms with Gasteiger partial charge in [0.05, 0.1) is 18.7 Å². The number of amides is 2. The summed E-state index contributed by atoms with van der Waals surface area (Å²) in [7, 11) is 0. The SMILES string of the molecule is CCCO[C@@H]1CC[C@H](C(=O)NCc2nnc3n2CCC3)C[C@H]1NC(=O)CC. The molecule has 1 aliphatic heterocycles. The van der Waals surface area contributed by atoms with Gasteiger partial charge in [0.1, 0.15) is 5.82 Å². The van der Waals surface area contributed by atoms with Crippen LogP contribution in [-0.4, -0.2) is 45.3 Å². The molecule has 2 aliphatic rings. The highest BCUT2D eigenvalue weighted by Crippen LogP contribution is 2.27. The minimum absolute atomic E-state index is 0.00480. The van der Waals surface area contributed by atoms with Crippen molar-refractivity contribution in [2.75, 3.05) is 6.61 Å². The summed E-state index contributed by atoms with van der Waals surface area (Å²) in [6, 6.07) is -0.106. The number of aryl methyl sites for hydroxylation is 1. The summed E-state index contributed by atoms with van der Waals surface area (Å²) in [6.45, 7) is 5.92. The molecule has 2 N–H and O–H groups in total. The molecule has 1 saturated carbocycles. The van der Waals surface area contributed by atoms with Crippen molar-refractivity contribution in [1.82, 2.24) is 25.4 Å². The van der Waals surface area contributed by atoms with E-state index in [2.05, 4.69) is 32.3 Å². The first-order valence-corrected chi connectivity index (χ1v) is 10.2. The van der Waals surface area contributed by atoms with Gasteiger partial charge in [0.2, 0.25) is 11.8 Å². The Morgan fingerprint density at radius 1 is 1.26 bits per heavy atom. The molecule has 150 valence electrons. The molecular weight excluding hydrogens is 346 g/mol. The maximum atomic E-state index is 12.7. The third-order valence-electron chi connectivity index (χ3n) is 5.47. The minimum Gasteiger partial charge on any atom is -0.376 e. The molecule has 1 aromatic heterocycles. The van der Waals surface area contributed by atoms with Crippen LogP contribution in [0.15, 0.2) is 0 Å². The summed E-state index contributed by atoms with van der Waals surface area (Å²) >= 11 is 0. The van der Waals surface area contributed by atoms with E-state index in [-0.39, 0.29) is 29.9 Å². The minimum atomic E-state index is -0.116. The fraction of sp³-hybridized carbons (Fsp3) is 0.789. The summed E-state index contributed by atoms with van der Waals surface area (Å²) in [6.07, 6.45) is 5.59. The number of carbonyl (C=O) groups excluding carboxylic acids is 2. The van der Waals surface area contributed by atoms with Crippen LogP contribution < -0.4 is 10.6 Å². The van der Waals surface area contributed by atoms with Crippen LogP contribution in [-0.2, 0) is 33.8 Å². The molecule has 0 saturated heterocycles. The zero-order valence-corrected chi connectivity index (χ0v) is 16.4. The molecule has 1 aromatic rings. The van der Waals surface area contributed by atoms with Crippen molar-refractivity contribution in [3.63, 3.8) is 0 Å². The van der Waals surface area contributed by atoms with Crippen LogP contribution >= 0.6 is 0 Å². The Kier molecular flexibility index (Phi) is 6.82. The second-order valence-corrected chi connectivity index (χ2v) is 7.45. The number of aromatic nitrogens is 3. The van der Waals surface area contributed by atoms with Crippen LogP contribution in [0.3, 0.4) is 0 Å². The number of rotatable bonds is 8. The Labute approximate surface area is 160 Å². The molecule has 3 atom stereocenters. The topological polar surface area (TPSA) is 98.1 Å². The monoisotopic (exact) mass is 377 g/mol. The highest BCUT2D eigenvalue weighted by molar-refractivity contribution is 5.79. The van der Waals surface area contributed by atoms with Gasteiger partial charge < -0.3 is 19.9 Å². The van der Waals surface area contributed by atoms with Gasteiger partial charge in [0, 0.05) is 31.9 Å². The first-order valence-electron chi connectivity index (χ1n) is 10.2. The van der Waals surface area contributed by atoms with Crippen molar-refractivity contribution in [3.05, 3.63) is 11.6 Å². The maximum Gasteiger partial charge on any atom is 0.223 e. The highest BCUT2D eigenvalue weighted by Gasteiger charge is 2.35. The van der Waals surface area contributed by atoms with Crippen LogP contribution in [0.2, 0.25) is 0 Å². The standard InChI is InChI=1S/C19H31N5O3/c1-3-10-27-15-8-7-13(11-14(15)21-18(25)4-2)19(26)20-12-17-23-22-16-6-5-9-24(16)17/h13-15H,3-12H2,1-2H3,(H,20,26)(H,21,25)/t13-,14+,15+/m0/s1. The van der Waals surface area contributed by atoms with Crippen molar-refractivity contribution in [1.29, 1.82) is 0 Å². The Bertz CT molecular complexity index is 660. The van der Waals surface area contributed by atoms with Crippen LogP contribution in [0, 0.1) is 5.92 Å². The number of hydrogen-bond acceptors (Lipinski definition) is 5. The first-order chi connectivity index (χ1) is 13.1. The van der Waals surface area contributed by atoms with E-state index in [1.807, 2.05) is 6.92 Å². The fourth-order valence-corrected chi connectivity index (χ4v) is 3.96. The summed E-state index contributed by atoms with van der Waals surface area (Å²) in [5, 5.41) is 14.4. The molecule has 0 spiro atoms. The molecular formula is C19H31N5O3. The number of ether oxygens (including phenoxy) is 1. The Morgan fingerprint density at radius 2 is 2.11 bits per heavy atom. The van der Waals surface area contributed by atoms with Crippen molar-refractivity contribution in [3.8, 4) is 0 Å². The predicted molar refractivity (Wildman–Crippen MR) is 99.8 cm³/mol. The second kappa shape index (κ2) is 9.30. The lowest BCUT2D eigenvalue weighted by molar-refractivity contribution is -0.130. The van der Waals surface area contributed by atoms with Gasteiger partial charge in [-0.05, 0) is 32.1 Å². The number of hydrogen-bond donors (Lipinski definition) is 2. The summed E-state index contributed by atoms with van der Waals surface area (Å²) in [5.41, 5.74) is 0. The number of carbonyl (C=O) groups is 2. The van der Waals surface area contributed by atoms with Crippen LogP contribution in [0.1, 0.15) is 64.0 Å². The molecule has 3 rings (SSSR count). The Balaban J connectivity index is 1.55. The molecule has 1 fully saturated rings. The average molecular weight is 377 g/mol. The molecule has 2 heterocycles. The van der Waals surface area contributed by atoms with Crippen LogP contribution in [0.5, 0.6) is 0 Å². The highest BCUT2D eigenvalue weighted by atomic mass is 16.5. The quantitative estimate of drug-likeness (QED) is 0.712. The van der Waals surface area contributed by atoms with Gasteiger partial charge in [-0.1, -0.05) is 13.8 Å². The molecule has 8 nitrogen and oxygen atoms in total. The summed E-state index contributed by atoms with van der Waals surface area (Å²) in [5.74, 6) is 1.75. The molecule has 27 heavy (non-hydrogen) atoms. The van der Waals surface area contributed by atoms with E-state index in [9.17, 15) is 9.59 Å². The molecule has 0 aromatic carbocycles. The molecule has 0 radical (unpaired) electrons. The lowest BCUT2D eigenvalue weighted by atomic mass is 9.83. The van der Waals surface area contributed by atoms with Gasteiger partial charge in [-0.15, -0.1) is 10.2 Å². The number of nitrogens with one attached hydrogen (secondary N) is 2. The lowest BCUT2D eigenvalue weighted by Gasteiger charge is -2.36. The summed E-state index contributed by atoms with van der Waals surface area (Å²) in [4.78, 5) is 24.6. The maximum absolute atomic E-state index is 12.7. The van der Waals surface area contributed by atoms with E-state index < -0.39 is 0 Å². The second-order valence-electron chi connectivity index (χ2n) is 7.45. The van der Waals surface area contributed by atoms with Crippen molar-refractivity contribution in [2.24, 2.45) is 5.92 Å². The van der Waals surface area contributed by atoms with E-state index in [4.69, 9.17) is 4.74 Å². The molecule has 0 bridgehead atoms.